The summed E-state index contributed by atoms with van der Waals surface area (Å²) in [5, 5.41) is 12.3. The molecule has 1 fully saturated rings. The van der Waals surface area contributed by atoms with Crippen molar-refractivity contribution in [1.29, 1.82) is 0 Å². The van der Waals surface area contributed by atoms with Crippen LogP contribution in [0.2, 0.25) is 0 Å². The second-order valence-electron chi connectivity index (χ2n) is 7.17. The Kier molecular flexibility index (Phi) is 12.2. The topological polar surface area (TPSA) is 113 Å². The minimum atomic E-state index is -0.179. The first-order valence-corrected chi connectivity index (χ1v) is 10.4. The van der Waals surface area contributed by atoms with Crippen LogP contribution in [0.1, 0.15) is 88.5 Å². The fourth-order valence-electron chi connectivity index (χ4n) is 3.02. The van der Waals surface area contributed by atoms with Crippen LogP contribution in [-0.4, -0.2) is 35.1 Å². The van der Waals surface area contributed by atoms with E-state index in [1.165, 1.54) is 19.3 Å². The molecule has 27 heavy (non-hydrogen) atoms. The van der Waals surface area contributed by atoms with Crippen LogP contribution in [0.4, 0.5) is 5.82 Å². The highest BCUT2D eigenvalue weighted by molar-refractivity contribution is 5.95. The van der Waals surface area contributed by atoms with Gasteiger partial charge in [-0.15, -0.1) is 0 Å². The number of aromatic nitrogens is 2. The van der Waals surface area contributed by atoms with Gasteiger partial charge in [-0.3, -0.25) is 14.7 Å². The molecule has 0 unspecified atom stereocenters. The van der Waals surface area contributed by atoms with Crippen LogP contribution in [-0.2, 0) is 4.79 Å². The van der Waals surface area contributed by atoms with E-state index in [1.807, 2.05) is 0 Å². The fraction of sp³-hybridized carbons (Fsp3) is 0.750. The molecule has 1 aromatic heterocycles. The normalized spacial score (nSPS) is 14.2. The molecule has 1 aromatic rings. The van der Waals surface area contributed by atoms with Gasteiger partial charge < -0.3 is 16.4 Å². The number of hydrogen-bond donors (Lipinski definition) is 4. The predicted octanol–water partition coefficient (Wildman–Crippen LogP) is 3.59. The summed E-state index contributed by atoms with van der Waals surface area (Å²) in [6.45, 7) is 5.66. The third kappa shape index (κ3) is 10.1. The Balaban J connectivity index is 0.000000828. The first kappa shape index (κ1) is 23.1. The Morgan fingerprint density at radius 2 is 1.89 bits per heavy atom. The van der Waals surface area contributed by atoms with Crippen molar-refractivity contribution in [2.45, 2.75) is 78.1 Å². The third-order valence-electron chi connectivity index (χ3n) is 4.64. The molecular weight excluding hydrogens is 342 g/mol. The largest absolute Gasteiger partial charge is 0.351 e. The van der Waals surface area contributed by atoms with Crippen LogP contribution in [0.5, 0.6) is 0 Å². The minimum Gasteiger partial charge on any atom is -0.351 e. The summed E-state index contributed by atoms with van der Waals surface area (Å²) < 4.78 is 0. The molecule has 154 valence electrons. The van der Waals surface area contributed by atoms with Crippen LogP contribution >= 0.6 is 0 Å². The van der Waals surface area contributed by atoms with Gasteiger partial charge in [0.25, 0.3) is 5.91 Å². The van der Waals surface area contributed by atoms with Crippen LogP contribution in [0.15, 0.2) is 6.07 Å². The van der Waals surface area contributed by atoms with Crippen molar-refractivity contribution in [2.24, 2.45) is 11.7 Å². The molecule has 0 spiro atoms. The van der Waals surface area contributed by atoms with Gasteiger partial charge >= 0.3 is 0 Å². The van der Waals surface area contributed by atoms with E-state index in [0.717, 1.165) is 45.1 Å². The quantitative estimate of drug-likeness (QED) is 0.491. The van der Waals surface area contributed by atoms with Crippen molar-refractivity contribution in [1.82, 2.24) is 15.5 Å². The molecular formula is C20H37N5O2. The smallest absolute Gasteiger partial charge is 0.269 e. The highest BCUT2D eigenvalue weighted by atomic mass is 16.2. The van der Waals surface area contributed by atoms with Crippen molar-refractivity contribution in [3.63, 3.8) is 0 Å². The molecule has 5 N–H and O–H groups in total. The maximum atomic E-state index is 12.0. The van der Waals surface area contributed by atoms with E-state index in [9.17, 15) is 9.59 Å². The second kappa shape index (κ2) is 14.2. The molecule has 0 aromatic carbocycles. The number of rotatable bonds is 9. The summed E-state index contributed by atoms with van der Waals surface area (Å²) in [4.78, 5) is 24.0. The first-order valence-electron chi connectivity index (χ1n) is 10.4. The summed E-state index contributed by atoms with van der Waals surface area (Å²) in [5.74, 6) is 0.716. The Labute approximate surface area is 163 Å². The lowest BCUT2D eigenvalue weighted by atomic mass is 9.87. The maximum Gasteiger partial charge on any atom is 0.269 e. The second-order valence-corrected chi connectivity index (χ2v) is 7.17. The number of anilines is 1. The molecule has 2 amide bonds. The standard InChI is InChI=1S/C17H28N4O2.C3H9N/c1-2-3-7-10-18-17(23)14-12-15(21-20-14)19-16(22)11-13-8-5-4-6-9-13;1-2-3-4/h12-13H,2-11H2,1H3,(H,18,23)(H2,19,20,21,22);2-4H2,1H3. The molecule has 0 radical (unpaired) electrons. The third-order valence-corrected chi connectivity index (χ3v) is 4.64. The van der Waals surface area contributed by atoms with E-state index in [2.05, 4.69) is 34.7 Å². The zero-order chi connectivity index (χ0) is 19.9. The highest BCUT2D eigenvalue weighted by Gasteiger charge is 2.18. The van der Waals surface area contributed by atoms with E-state index in [4.69, 9.17) is 5.73 Å². The Morgan fingerprint density at radius 3 is 2.52 bits per heavy atom. The maximum absolute atomic E-state index is 12.0. The van der Waals surface area contributed by atoms with Crippen molar-refractivity contribution >= 4 is 17.6 Å². The molecule has 0 saturated heterocycles. The number of amides is 2. The Morgan fingerprint density at radius 1 is 1.19 bits per heavy atom. The van der Waals surface area contributed by atoms with Gasteiger partial charge in [-0.05, 0) is 38.1 Å². The predicted molar refractivity (Wildman–Crippen MR) is 110 cm³/mol. The molecule has 0 aliphatic heterocycles. The molecule has 7 heteroatoms. The van der Waals surface area contributed by atoms with Crippen LogP contribution in [0.25, 0.3) is 0 Å². The summed E-state index contributed by atoms with van der Waals surface area (Å²) in [6, 6.07) is 1.59. The molecule has 7 nitrogen and oxygen atoms in total. The van der Waals surface area contributed by atoms with E-state index in [0.29, 0.717) is 30.4 Å². The number of nitrogens with zero attached hydrogens (tertiary/aromatic N) is 1. The lowest BCUT2D eigenvalue weighted by molar-refractivity contribution is -0.117. The Hall–Kier alpha value is -1.89. The number of unbranched alkanes of at least 4 members (excludes halogenated alkanes) is 2. The first-order chi connectivity index (χ1) is 13.1. The minimum absolute atomic E-state index is 0.0155. The van der Waals surface area contributed by atoms with Gasteiger partial charge in [0.2, 0.25) is 5.91 Å². The molecule has 1 heterocycles. The van der Waals surface area contributed by atoms with Gasteiger partial charge in [0.1, 0.15) is 5.69 Å². The van der Waals surface area contributed by atoms with Crippen molar-refractivity contribution in [3.8, 4) is 0 Å². The van der Waals surface area contributed by atoms with Crippen LogP contribution in [0, 0.1) is 5.92 Å². The van der Waals surface area contributed by atoms with Crippen molar-refractivity contribution in [3.05, 3.63) is 11.8 Å². The molecule has 0 atom stereocenters. The van der Waals surface area contributed by atoms with Crippen LogP contribution < -0.4 is 16.4 Å². The molecule has 2 rings (SSSR count). The van der Waals surface area contributed by atoms with Gasteiger partial charge in [0.05, 0.1) is 0 Å². The van der Waals surface area contributed by atoms with Gasteiger partial charge in [-0.25, -0.2) is 0 Å². The monoisotopic (exact) mass is 379 g/mol. The molecule has 0 bridgehead atoms. The highest BCUT2D eigenvalue weighted by Crippen LogP contribution is 2.26. The van der Waals surface area contributed by atoms with E-state index in [1.54, 1.807) is 6.07 Å². The fourth-order valence-corrected chi connectivity index (χ4v) is 3.02. The number of hydrogen-bond acceptors (Lipinski definition) is 4. The summed E-state index contributed by atoms with van der Waals surface area (Å²) >= 11 is 0. The summed E-state index contributed by atoms with van der Waals surface area (Å²) in [5.41, 5.74) is 5.41. The molecule has 1 aliphatic rings. The van der Waals surface area contributed by atoms with E-state index < -0.39 is 0 Å². The Bertz CT molecular complexity index is 536. The number of nitrogens with one attached hydrogen (secondary N) is 3. The SMILES string of the molecule is CCCCCNC(=O)c1cc(NC(=O)CC2CCCCC2)n[nH]1.CCCN. The van der Waals surface area contributed by atoms with Gasteiger partial charge in [-0.1, -0.05) is 46.0 Å². The van der Waals surface area contributed by atoms with E-state index in [-0.39, 0.29) is 11.8 Å². The van der Waals surface area contributed by atoms with E-state index >= 15 is 0 Å². The average molecular weight is 380 g/mol. The number of carbonyl (C=O) groups excluding carboxylic acids is 2. The zero-order valence-corrected chi connectivity index (χ0v) is 17.0. The van der Waals surface area contributed by atoms with Crippen LogP contribution in [0.3, 0.4) is 0 Å². The lowest BCUT2D eigenvalue weighted by Gasteiger charge is -2.20. The average Bonchev–Trinajstić information content (AvgIpc) is 3.14. The van der Waals surface area contributed by atoms with Gasteiger partial charge in [0.15, 0.2) is 5.82 Å². The number of nitrogens with two attached hydrogens (primary N) is 1. The van der Waals surface area contributed by atoms with Gasteiger partial charge in [0, 0.05) is 19.0 Å². The van der Waals surface area contributed by atoms with Crippen molar-refractivity contribution < 1.29 is 9.59 Å². The lowest BCUT2D eigenvalue weighted by Crippen LogP contribution is -2.24. The van der Waals surface area contributed by atoms with Gasteiger partial charge in [-0.2, -0.15) is 5.10 Å². The number of aromatic amines is 1. The summed E-state index contributed by atoms with van der Waals surface area (Å²) in [6.07, 6.45) is 10.9. The number of carbonyl (C=O) groups is 2. The molecule has 1 saturated carbocycles. The summed E-state index contributed by atoms with van der Waals surface area (Å²) in [7, 11) is 0. The van der Waals surface area contributed by atoms with Crippen molar-refractivity contribution in [2.75, 3.05) is 18.4 Å². The molecule has 1 aliphatic carbocycles. The zero-order valence-electron chi connectivity index (χ0n) is 17.0. The number of H-pyrrole nitrogens is 1.